The molecule has 0 aliphatic carbocycles. The fourth-order valence-corrected chi connectivity index (χ4v) is 4.71. The molecule has 30 heavy (non-hydrogen) atoms. The molecule has 160 valence electrons. The van der Waals surface area contributed by atoms with E-state index in [1.807, 2.05) is 25.3 Å². The summed E-state index contributed by atoms with van der Waals surface area (Å²) in [5.74, 6) is -0.577. The van der Waals surface area contributed by atoms with Gasteiger partial charge in [0.05, 0.1) is 18.2 Å². The van der Waals surface area contributed by atoms with Crippen molar-refractivity contribution in [3.63, 3.8) is 0 Å². The average molecular weight is 428 g/mol. The van der Waals surface area contributed by atoms with Crippen LogP contribution in [0.3, 0.4) is 0 Å². The van der Waals surface area contributed by atoms with Crippen LogP contribution in [0.5, 0.6) is 5.75 Å². The van der Waals surface area contributed by atoms with Gasteiger partial charge in [0.15, 0.2) is 0 Å². The maximum Gasteiger partial charge on any atom is 0.295 e. The number of rotatable bonds is 9. The Balaban J connectivity index is 2.02. The number of ketones is 1. The van der Waals surface area contributed by atoms with Crippen LogP contribution in [0.25, 0.3) is 5.76 Å². The number of unbranched alkanes of at least 4 members (excludes halogenated alkanes) is 2. The first-order valence-corrected chi connectivity index (χ1v) is 11.4. The van der Waals surface area contributed by atoms with Crippen molar-refractivity contribution in [2.24, 2.45) is 0 Å². The van der Waals surface area contributed by atoms with Crippen LogP contribution in [-0.2, 0) is 9.59 Å². The van der Waals surface area contributed by atoms with E-state index in [2.05, 4.69) is 6.92 Å². The van der Waals surface area contributed by atoms with Crippen molar-refractivity contribution in [2.45, 2.75) is 52.5 Å². The van der Waals surface area contributed by atoms with Crippen LogP contribution in [0.2, 0.25) is 0 Å². The SMILES string of the molecule is CCCCCN1C(=O)C(=O)/C(=C(\O)c2ccc(OCCC)cc2)C1c1sccc1C. The molecule has 0 saturated carbocycles. The van der Waals surface area contributed by atoms with E-state index >= 15 is 0 Å². The number of benzene rings is 1. The standard InChI is InChI=1S/C24H29NO4S/c1-4-6-7-13-25-20(23-16(3)12-15-30-23)19(22(27)24(25)28)21(26)17-8-10-18(11-9-17)29-14-5-2/h8-12,15,20,26H,4-7,13-14H2,1-3H3/b21-19-. The zero-order chi connectivity index (χ0) is 21.7. The molecule has 5 nitrogen and oxygen atoms in total. The van der Waals surface area contributed by atoms with Gasteiger partial charge in [0.25, 0.3) is 11.7 Å². The molecule has 3 rings (SSSR count). The molecule has 2 heterocycles. The molecular formula is C24H29NO4S. The van der Waals surface area contributed by atoms with E-state index in [-0.39, 0.29) is 11.3 Å². The van der Waals surface area contributed by atoms with Crippen LogP contribution in [0.1, 0.15) is 61.6 Å². The van der Waals surface area contributed by atoms with Crippen LogP contribution < -0.4 is 4.74 Å². The number of ether oxygens (including phenoxy) is 1. The van der Waals surface area contributed by atoms with Crippen molar-refractivity contribution < 1.29 is 19.4 Å². The molecule has 2 aromatic rings. The Hall–Kier alpha value is -2.60. The van der Waals surface area contributed by atoms with E-state index in [1.165, 1.54) is 11.3 Å². The first-order valence-electron chi connectivity index (χ1n) is 10.5. The largest absolute Gasteiger partial charge is 0.507 e. The number of amides is 1. The van der Waals surface area contributed by atoms with Gasteiger partial charge < -0.3 is 14.7 Å². The summed E-state index contributed by atoms with van der Waals surface area (Å²) in [5.41, 5.74) is 1.69. The number of aryl methyl sites for hydroxylation is 1. The maximum absolute atomic E-state index is 13.0. The van der Waals surface area contributed by atoms with Gasteiger partial charge in [-0.1, -0.05) is 26.7 Å². The second-order valence-corrected chi connectivity index (χ2v) is 8.49. The first kappa shape index (κ1) is 22.1. The summed E-state index contributed by atoms with van der Waals surface area (Å²) in [4.78, 5) is 28.4. The lowest BCUT2D eigenvalue weighted by atomic mass is 9.98. The number of carbonyl (C=O) groups is 2. The summed E-state index contributed by atoms with van der Waals surface area (Å²) in [6, 6.07) is 8.43. The lowest BCUT2D eigenvalue weighted by Gasteiger charge is -2.24. The van der Waals surface area contributed by atoms with Crippen molar-refractivity contribution in [1.82, 2.24) is 4.90 Å². The topological polar surface area (TPSA) is 66.8 Å². The second-order valence-electron chi connectivity index (χ2n) is 7.54. The number of nitrogens with zero attached hydrogens (tertiary/aromatic N) is 1. The third-order valence-electron chi connectivity index (χ3n) is 5.29. The minimum atomic E-state index is -0.617. The molecule has 1 aliphatic heterocycles. The number of Topliss-reactive ketones (excluding diaryl/α,β-unsaturated/α-hetero) is 1. The van der Waals surface area contributed by atoms with Crippen LogP contribution >= 0.6 is 11.3 Å². The molecular weight excluding hydrogens is 398 g/mol. The average Bonchev–Trinajstić information content (AvgIpc) is 3.28. The molecule has 1 atom stereocenters. The third kappa shape index (κ3) is 4.43. The highest BCUT2D eigenvalue weighted by Crippen LogP contribution is 2.42. The Kier molecular flexibility index (Phi) is 7.32. The molecule has 0 spiro atoms. The van der Waals surface area contributed by atoms with E-state index in [4.69, 9.17) is 4.74 Å². The smallest absolute Gasteiger partial charge is 0.295 e. The van der Waals surface area contributed by atoms with Gasteiger partial charge in [-0.15, -0.1) is 11.3 Å². The lowest BCUT2D eigenvalue weighted by Crippen LogP contribution is -2.30. The zero-order valence-electron chi connectivity index (χ0n) is 17.8. The number of aliphatic hydroxyl groups excluding tert-OH is 1. The fraction of sp³-hybridized carbons (Fsp3) is 0.417. The normalized spacial score (nSPS) is 18.2. The van der Waals surface area contributed by atoms with E-state index in [0.717, 1.165) is 36.1 Å². The molecule has 1 amide bonds. The van der Waals surface area contributed by atoms with Gasteiger partial charge in [-0.2, -0.15) is 0 Å². The number of aliphatic hydroxyl groups is 1. The number of hydrogen-bond donors (Lipinski definition) is 1. The Morgan fingerprint density at radius 3 is 2.43 bits per heavy atom. The quantitative estimate of drug-likeness (QED) is 0.250. The molecule has 1 N–H and O–H groups in total. The molecule has 0 bridgehead atoms. The minimum Gasteiger partial charge on any atom is -0.507 e. The highest BCUT2D eigenvalue weighted by Gasteiger charge is 2.46. The number of thiophene rings is 1. The first-order chi connectivity index (χ1) is 14.5. The highest BCUT2D eigenvalue weighted by molar-refractivity contribution is 7.10. The molecule has 1 saturated heterocycles. The van der Waals surface area contributed by atoms with Gasteiger partial charge in [0, 0.05) is 17.0 Å². The van der Waals surface area contributed by atoms with Crippen LogP contribution in [0.4, 0.5) is 0 Å². The molecule has 1 aliphatic rings. The van der Waals surface area contributed by atoms with Gasteiger partial charge in [0.1, 0.15) is 11.5 Å². The van der Waals surface area contributed by atoms with Gasteiger partial charge in [-0.3, -0.25) is 9.59 Å². The summed E-state index contributed by atoms with van der Waals surface area (Å²) in [6.45, 7) is 7.22. The maximum atomic E-state index is 13.0. The van der Waals surface area contributed by atoms with Crippen molar-refractivity contribution in [2.75, 3.05) is 13.2 Å². The molecule has 1 aromatic heterocycles. The third-order valence-corrected chi connectivity index (χ3v) is 6.36. The van der Waals surface area contributed by atoms with Crippen molar-refractivity contribution in [3.05, 3.63) is 57.3 Å². The van der Waals surface area contributed by atoms with E-state index < -0.39 is 17.7 Å². The van der Waals surface area contributed by atoms with E-state index in [1.54, 1.807) is 29.2 Å². The summed E-state index contributed by atoms with van der Waals surface area (Å²) < 4.78 is 5.60. The Bertz CT molecular complexity index is 929. The summed E-state index contributed by atoms with van der Waals surface area (Å²) in [6.07, 6.45) is 3.74. The zero-order valence-corrected chi connectivity index (χ0v) is 18.6. The monoisotopic (exact) mass is 427 g/mol. The predicted octanol–water partition coefficient (Wildman–Crippen LogP) is 5.46. The molecule has 6 heteroatoms. The molecule has 1 aromatic carbocycles. The Labute approximate surface area is 182 Å². The molecule has 1 fully saturated rings. The number of carbonyl (C=O) groups excluding carboxylic acids is 2. The second kappa shape index (κ2) is 9.94. The Morgan fingerprint density at radius 2 is 1.83 bits per heavy atom. The van der Waals surface area contributed by atoms with Crippen LogP contribution in [0, 0.1) is 6.92 Å². The molecule has 0 radical (unpaired) electrons. The van der Waals surface area contributed by atoms with Gasteiger partial charge >= 0.3 is 0 Å². The highest BCUT2D eigenvalue weighted by atomic mass is 32.1. The summed E-state index contributed by atoms with van der Waals surface area (Å²) in [5, 5.41) is 13.0. The molecule has 1 unspecified atom stereocenters. The van der Waals surface area contributed by atoms with Crippen LogP contribution in [0.15, 0.2) is 41.3 Å². The summed E-state index contributed by atoms with van der Waals surface area (Å²) >= 11 is 1.51. The summed E-state index contributed by atoms with van der Waals surface area (Å²) in [7, 11) is 0. The van der Waals surface area contributed by atoms with Gasteiger partial charge in [-0.25, -0.2) is 0 Å². The number of likely N-dealkylation sites (tertiary alicyclic amines) is 1. The lowest BCUT2D eigenvalue weighted by molar-refractivity contribution is -0.139. The Morgan fingerprint density at radius 1 is 1.10 bits per heavy atom. The van der Waals surface area contributed by atoms with Crippen molar-refractivity contribution in [3.8, 4) is 5.75 Å². The fourth-order valence-electron chi connectivity index (χ4n) is 3.66. The van der Waals surface area contributed by atoms with Crippen LogP contribution in [-0.4, -0.2) is 34.8 Å². The van der Waals surface area contributed by atoms with Gasteiger partial charge in [-0.05, 0) is 61.0 Å². The van der Waals surface area contributed by atoms with E-state index in [9.17, 15) is 14.7 Å². The van der Waals surface area contributed by atoms with Crippen molar-refractivity contribution >= 4 is 28.8 Å². The number of hydrogen-bond acceptors (Lipinski definition) is 5. The van der Waals surface area contributed by atoms with E-state index in [0.29, 0.717) is 24.5 Å². The van der Waals surface area contributed by atoms with Gasteiger partial charge in [0.2, 0.25) is 0 Å². The minimum absolute atomic E-state index is 0.133. The predicted molar refractivity (Wildman–Crippen MR) is 120 cm³/mol. The van der Waals surface area contributed by atoms with Crippen molar-refractivity contribution in [1.29, 1.82) is 0 Å².